The third-order valence-corrected chi connectivity index (χ3v) is 4.28. The van der Waals surface area contributed by atoms with Crippen molar-refractivity contribution in [2.45, 2.75) is 12.7 Å². The highest BCUT2D eigenvalue weighted by Crippen LogP contribution is 2.25. The number of aromatic nitrogens is 4. The third-order valence-electron chi connectivity index (χ3n) is 4.28. The molecule has 6 nitrogen and oxygen atoms in total. The molecule has 0 aliphatic rings. The van der Waals surface area contributed by atoms with Crippen molar-refractivity contribution in [3.63, 3.8) is 0 Å². The van der Waals surface area contributed by atoms with Gasteiger partial charge in [-0.25, -0.2) is 4.98 Å². The molecule has 4 rings (SSSR count). The van der Waals surface area contributed by atoms with E-state index in [4.69, 9.17) is 4.74 Å². The lowest BCUT2D eigenvalue weighted by molar-refractivity contribution is -0.0760. The first-order chi connectivity index (χ1) is 11.7. The Morgan fingerprint density at radius 3 is 2.92 bits per heavy atom. The van der Waals surface area contributed by atoms with Crippen LogP contribution in [0.15, 0.2) is 42.9 Å². The van der Waals surface area contributed by atoms with Gasteiger partial charge in [-0.3, -0.25) is 4.98 Å². The van der Waals surface area contributed by atoms with Crippen molar-refractivity contribution in [2.24, 2.45) is 7.05 Å². The predicted octanol–water partition coefficient (Wildman–Crippen LogP) is 2.68. The van der Waals surface area contributed by atoms with E-state index in [1.807, 2.05) is 30.1 Å². The van der Waals surface area contributed by atoms with Gasteiger partial charge in [0.2, 0.25) is 0 Å². The van der Waals surface area contributed by atoms with Crippen LogP contribution < -0.4 is 0 Å². The summed E-state index contributed by atoms with van der Waals surface area (Å²) < 4.78 is 7.03. The summed E-state index contributed by atoms with van der Waals surface area (Å²) in [6.07, 6.45) is 3.28. The zero-order valence-corrected chi connectivity index (χ0v) is 13.5. The number of ether oxygens (including phenoxy) is 1. The molecule has 24 heavy (non-hydrogen) atoms. The maximum Gasteiger partial charge on any atom is 0.182 e. The molecular formula is C18H18N4O2. The van der Waals surface area contributed by atoms with Crippen LogP contribution in [0.4, 0.5) is 0 Å². The molecule has 0 radical (unpaired) electrons. The summed E-state index contributed by atoms with van der Waals surface area (Å²) in [5.74, 6) is 0. The van der Waals surface area contributed by atoms with Crippen LogP contribution >= 0.6 is 0 Å². The fraction of sp³-hybridized carbons (Fsp3) is 0.222. The number of methoxy groups -OCH3 is 1. The zero-order chi connectivity index (χ0) is 16.7. The molecule has 4 aromatic rings. The van der Waals surface area contributed by atoms with Crippen LogP contribution in [0.3, 0.4) is 0 Å². The van der Waals surface area contributed by atoms with Crippen molar-refractivity contribution in [1.29, 1.82) is 0 Å². The van der Waals surface area contributed by atoms with E-state index in [0.29, 0.717) is 5.56 Å². The van der Waals surface area contributed by atoms with Crippen molar-refractivity contribution in [3.8, 4) is 0 Å². The van der Waals surface area contributed by atoms with Crippen LogP contribution in [0.25, 0.3) is 22.1 Å². The van der Waals surface area contributed by atoms with E-state index in [0.717, 1.165) is 34.2 Å². The van der Waals surface area contributed by atoms with Crippen LogP contribution in [0.5, 0.6) is 0 Å². The van der Waals surface area contributed by atoms with Crippen LogP contribution in [-0.2, 0) is 18.2 Å². The fourth-order valence-electron chi connectivity index (χ4n) is 3.03. The summed E-state index contributed by atoms with van der Waals surface area (Å²) in [7, 11) is 3.47. The first kappa shape index (κ1) is 14.9. The Morgan fingerprint density at radius 2 is 2.08 bits per heavy atom. The SMILES string of the molecule is COC(O)c1ccnc2cc(Cc3ccc4ncn(C)c4c3)[nH]c12. The molecular weight excluding hydrogens is 304 g/mol. The van der Waals surface area contributed by atoms with E-state index >= 15 is 0 Å². The molecule has 122 valence electrons. The Balaban J connectivity index is 1.72. The van der Waals surface area contributed by atoms with Crippen molar-refractivity contribution in [1.82, 2.24) is 19.5 Å². The molecule has 1 atom stereocenters. The van der Waals surface area contributed by atoms with E-state index < -0.39 is 6.29 Å². The number of nitrogens with zero attached hydrogens (tertiary/aromatic N) is 3. The van der Waals surface area contributed by atoms with E-state index in [1.165, 1.54) is 12.7 Å². The van der Waals surface area contributed by atoms with Gasteiger partial charge in [-0.05, 0) is 29.8 Å². The maximum atomic E-state index is 9.97. The summed E-state index contributed by atoms with van der Waals surface area (Å²) in [6.45, 7) is 0. The standard InChI is InChI=1S/C18H18N4O2/c1-22-10-20-14-4-3-11(8-16(14)22)7-12-9-15-17(21-12)13(5-6-19-15)18(23)24-2/h3-6,8-10,18,21,23H,7H2,1-2H3. The van der Waals surface area contributed by atoms with Gasteiger partial charge in [0.1, 0.15) is 0 Å². The summed E-state index contributed by atoms with van der Waals surface area (Å²) >= 11 is 0. The van der Waals surface area contributed by atoms with Gasteiger partial charge in [-0.1, -0.05) is 6.07 Å². The van der Waals surface area contributed by atoms with E-state index in [9.17, 15) is 5.11 Å². The molecule has 0 amide bonds. The first-order valence-corrected chi connectivity index (χ1v) is 7.73. The lowest BCUT2D eigenvalue weighted by atomic mass is 10.1. The minimum absolute atomic E-state index is 0.691. The van der Waals surface area contributed by atoms with Gasteiger partial charge in [-0.15, -0.1) is 0 Å². The van der Waals surface area contributed by atoms with Gasteiger partial charge in [-0.2, -0.15) is 0 Å². The molecule has 3 aromatic heterocycles. The van der Waals surface area contributed by atoms with Gasteiger partial charge < -0.3 is 19.4 Å². The van der Waals surface area contributed by atoms with Gasteiger partial charge in [0, 0.05) is 38.0 Å². The fourth-order valence-corrected chi connectivity index (χ4v) is 3.03. The number of pyridine rings is 1. The monoisotopic (exact) mass is 322 g/mol. The number of imidazole rings is 1. The number of nitrogens with one attached hydrogen (secondary N) is 1. The Kier molecular flexibility index (Phi) is 3.55. The molecule has 3 heterocycles. The van der Waals surface area contributed by atoms with Crippen molar-refractivity contribution in [2.75, 3.05) is 7.11 Å². The summed E-state index contributed by atoms with van der Waals surface area (Å²) in [5, 5.41) is 9.97. The number of aromatic amines is 1. The van der Waals surface area contributed by atoms with Crippen molar-refractivity contribution >= 4 is 22.1 Å². The van der Waals surface area contributed by atoms with E-state index in [2.05, 4.69) is 27.1 Å². The second kappa shape index (κ2) is 5.74. The smallest absolute Gasteiger partial charge is 0.182 e. The van der Waals surface area contributed by atoms with Gasteiger partial charge in [0.25, 0.3) is 0 Å². The number of H-pyrrole nitrogens is 1. The molecule has 1 aromatic carbocycles. The Hall–Kier alpha value is -2.70. The topological polar surface area (TPSA) is 76.0 Å². The third kappa shape index (κ3) is 2.46. The zero-order valence-electron chi connectivity index (χ0n) is 13.5. The number of fused-ring (bicyclic) bond motifs is 2. The second-order valence-electron chi connectivity index (χ2n) is 5.90. The normalized spacial score (nSPS) is 13.0. The number of aliphatic hydroxyl groups excluding tert-OH is 1. The van der Waals surface area contributed by atoms with E-state index in [-0.39, 0.29) is 0 Å². The van der Waals surface area contributed by atoms with Gasteiger partial charge in [0.15, 0.2) is 6.29 Å². The summed E-state index contributed by atoms with van der Waals surface area (Å²) in [4.78, 5) is 12.1. The highest BCUT2D eigenvalue weighted by atomic mass is 16.6. The van der Waals surface area contributed by atoms with Crippen LogP contribution in [0.2, 0.25) is 0 Å². The Labute approximate surface area is 138 Å². The van der Waals surface area contributed by atoms with Crippen LogP contribution in [0.1, 0.15) is 23.1 Å². The molecule has 6 heteroatoms. The van der Waals surface area contributed by atoms with Crippen LogP contribution in [0, 0.1) is 0 Å². The molecule has 0 aliphatic carbocycles. The molecule has 1 unspecified atom stereocenters. The number of aryl methyl sites for hydroxylation is 1. The summed E-state index contributed by atoms with van der Waals surface area (Å²) in [6, 6.07) is 10.0. The Morgan fingerprint density at radius 1 is 1.21 bits per heavy atom. The minimum Gasteiger partial charge on any atom is -0.364 e. The Bertz CT molecular complexity index is 1020. The predicted molar refractivity (Wildman–Crippen MR) is 91.6 cm³/mol. The van der Waals surface area contributed by atoms with Crippen LogP contribution in [-0.4, -0.2) is 31.7 Å². The maximum absolute atomic E-state index is 9.97. The largest absolute Gasteiger partial charge is 0.364 e. The van der Waals surface area contributed by atoms with Crippen molar-refractivity contribution in [3.05, 3.63) is 59.7 Å². The molecule has 0 saturated heterocycles. The number of benzene rings is 1. The molecule has 2 N–H and O–H groups in total. The number of hydrogen-bond donors (Lipinski definition) is 2. The first-order valence-electron chi connectivity index (χ1n) is 7.73. The molecule has 0 spiro atoms. The highest BCUT2D eigenvalue weighted by molar-refractivity contribution is 5.80. The highest BCUT2D eigenvalue weighted by Gasteiger charge is 2.13. The summed E-state index contributed by atoms with van der Waals surface area (Å²) in [5.41, 5.74) is 6.64. The van der Waals surface area contributed by atoms with Gasteiger partial charge >= 0.3 is 0 Å². The lowest BCUT2D eigenvalue weighted by Gasteiger charge is -2.09. The number of aliphatic hydroxyl groups is 1. The quantitative estimate of drug-likeness (QED) is 0.566. The van der Waals surface area contributed by atoms with Gasteiger partial charge in [0.05, 0.1) is 28.4 Å². The number of hydrogen-bond acceptors (Lipinski definition) is 4. The van der Waals surface area contributed by atoms with Crippen molar-refractivity contribution < 1.29 is 9.84 Å². The minimum atomic E-state index is -0.965. The average molecular weight is 322 g/mol. The molecule has 0 bridgehead atoms. The average Bonchev–Trinajstić information content (AvgIpc) is 3.17. The second-order valence-corrected chi connectivity index (χ2v) is 5.90. The molecule has 0 saturated carbocycles. The molecule has 0 aliphatic heterocycles. The molecule has 0 fully saturated rings. The number of rotatable bonds is 4. The van der Waals surface area contributed by atoms with E-state index in [1.54, 1.807) is 12.3 Å². The lowest BCUT2D eigenvalue weighted by Crippen LogP contribution is -2.00.